The van der Waals surface area contributed by atoms with E-state index in [2.05, 4.69) is 27.4 Å². The molecule has 8 heteroatoms. The van der Waals surface area contributed by atoms with Gasteiger partial charge in [0, 0.05) is 28.8 Å². The van der Waals surface area contributed by atoms with Crippen molar-refractivity contribution in [2.24, 2.45) is 0 Å². The van der Waals surface area contributed by atoms with E-state index in [0.717, 1.165) is 42.1 Å². The first-order valence-corrected chi connectivity index (χ1v) is 11.8. The summed E-state index contributed by atoms with van der Waals surface area (Å²) in [4.78, 5) is 18.8. The third kappa shape index (κ3) is 5.49. The highest BCUT2D eigenvalue weighted by Gasteiger charge is 2.19. The standard InChI is InChI=1S/C24H28N4O3S/c1-4-21-13-25-24(32-21)18-10-17(11-20(12-18)31-14-19-6-5-9-30-19)23(29)26-16(3)22-8-7-15(2)27-28-22/h7-8,10-13,16,19H,4-6,9,14H2,1-3H3,(H,26,29)/t16?,19-/m1/s1. The summed E-state index contributed by atoms with van der Waals surface area (Å²) in [6, 6.07) is 9.06. The molecule has 1 fully saturated rings. The van der Waals surface area contributed by atoms with Crippen molar-refractivity contribution in [2.45, 2.75) is 52.2 Å². The Labute approximate surface area is 192 Å². The zero-order valence-electron chi connectivity index (χ0n) is 18.6. The summed E-state index contributed by atoms with van der Waals surface area (Å²) < 4.78 is 11.7. The number of hydrogen-bond acceptors (Lipinski definition) is 7. The molecule has 0 bridgehead atoms. The molecule has 1 aromatic carbocycles. The van der Waals surface area contributed by atoms with Gasteiger partial charge in [-0.05, 0) is 63.4 Å². The second-order valence-electron chi connectivity index (χ2n) is 7.97. The van der Waals surface area contributed by atoms with Crippen molar-refractivity contribution in [1.82, 2.24) is 20.5 Å². The lowest BCUT2D eigenvalue weighted by Crippen LogP contribution is -2.27. The van der Waals surface area contributed by atoms with E-state index in [1.54, 1.807) is 17.4 Å². The monoisotopic (exact) mass is 452 g/mol. The minimum absolute atomic E-state index is 0.0997. The Morgan fingerprint density at radius 2 is 2.19 bits per heavy atom. The molecular formula is C24H28N4O3S. The highest BCUT2D eigenvalue weighted by molar-refractivity contribution is 7.15. The first-order valence-electron chi connectivity index (χ1n) is 11.0. The minimum Gasteiger partial charge on any atom is -0.491 e. The van der Waals surface area contributed by atoms with Crippen LogP contribution in [0, 0.1) is 6.92 Å². The van der Waals surface area contributed by atoms with Crippen LogP contribution in [0.5, 0.6) is 5.75 Å². The molecule has 3 heterocycles. The average Bonchev–Trinajstić information content (AvgIpc) is 3.50. The summed E-state index contributed by atoms with van der Waals surface area (Å²) in [7, 11) is 0. The van der Waals surface area contributed by atoms with Crippen LogP contribution in [-0.4, -0.2) is 40.4 Å². The van der Waals surface area contributed by atoms with Crippen LogP contribution in [0.2, 0.25) is 0 Å². The van der Waals surface area contributed by atoms with Crippen LogP contribution in [0.1, 0.15) is 59.4 Å². The van der Waals surface area contributed by atoms with Crippen LogP contribution < -0.4 is 10.1 Å². The van der Waals surface area contributed by atoms with Gasteiger partial charge >= 0.3 is 0 Å². The summed E-state index contributed by atoms with van der Waals surface area (Å²) in [5.74, 6) is 0.440. The minimum atomic E-state index is -0.276. The molecule has 2 atom stereocenters. The maximum atomic E-state index is 13.1. The summed E-state index contributed by atoms with van der Waals surface area (Å²) in [5.41, 5.74) is 2.93. The normalized spacial score (nSPS) is 16.7. The quantitative estimate of drug-likeness (QED) is 0.541. The maximum Gasteiger partial charge on any atom is 0.251 e. The summed E-state index contributed by atoms with van der Waals surface area (Å²) in [6.45, 7) is 7.13. The lowest BCUT2D eigenvalue weighted by atomic mass is 10.1. The largest absolute Gasteiger partial charge is 0.491 e. The number of benzene rings is 1. The van der Waals surface area contributed by atoms with E-state index in [1.807, 2.05) is 44.3 Å². The number of carbonyl (C=O) groups is 1. The Bertz CT molecular complexity index is 1060. The lowest BCUT2D eigenvalue weighted by molar-refractivity contribution is 0.0679. The summed E-state index contributed by atoms with van der Waals surface area (Å²) >= 11 is 1.63. The van der Waals surface area contributed by atoms with Gasteiger partial charge in [-0.2, -0.15) is 10.2 Å². The number of carbonyl (C=O) groups excluding carboxylic acids is 1. The van der Waals surface area contributed by atoms with E-state index < -0.39 is 0 Å². The molecule has 1 aliphatic rings. The number of aryl methyl sites for hydroxylation is 2. The summed E-state index contributed by atoms with van der Waals surface area (Å²) in [6.07, 6.45) is 4.96. The maximum absolute atomic E-state index is 13.1. The van der Waals surface area contributed by atoms with E-state index in [1.165, 1.54) is 4.88 Å². The van der Waals surface area contributed by atoms with Crippen LogP contribution in [-0.2, 0) is 11.2 Å². The van der Waals surface area contributed by atoms with Crippen molar-refractivity contribution < 1.29 is 14.3 Å². The zero-order valence-corrected chi connectivity index (χ0v) is 19.4. The molecular weight excluding hydrogens is 424 g/mol. The first kappa shape index (κ1) is 22.4. The number of aromatic nitrogens is 3. The van der Waals surface area contributed by atoms with Crippen molar-refractivity contribution in [3.05, 3.63) is 58.4 Å². The lowest BCUT2D eigenvalue weighted by Gasteiger charge is -2.16. The smallest absolute Gasteiger partial charge is 0.251 e. The van der Waals surface area contributed by atoms with Crippen LogP contribution >= 0.6 is 11.3 Å². The molecule has 1 N–H and O–H groups in total. The van der Waals surface area contributed by atoms with Crippen LogP contribution in [0.15, 0.2) is 36.5 Å². The van der Waals surface area contributed by atoms with Gasteiger partial charge in [0.2, 0.25) is 0 Å². The van der Waals surface area contributed by atoms with E-state index in [-0.39, 0.29) is 18.1 Å². The van der Waals surface area contributed by atoms with Crippen LogP contribution in [0.4, 0.5) is 0 Å². The molecule has 7 nitrogen and oxygen atoms in total. The van der Waals surface area contributed by atoms with Gasteiger partial charge in [-0.25, -0.2) is 4.98 Å². The molecule has 1 saturated heterocycles. The third-order valence-electron chi connectivity index (χ3n) is 5.39. The third-order valence-corrected chi connectivity index (χ3v) is 6.58. The molecule has 1 amide bonds. The molecule has 3 aromatic rings. The van der Waals surface area contributed by atoms with Crippen molar-refractivity contribution in [3.63, 3.8) is 0 Å². The molecule has 168 valence electrons. The topological polar surface area (TPSA) is 86.2 Å². The molecule has 0 radical (unpaired) electrons. The SMILES string of the molecule is CCc1cnc(-c2cc(OC[C@H]3CCCO3)cc(C(=O)NC(C)c3ccc(C)nn3)c2)s1. The highest BCUT2D eigenvalue weighted by Crippen LogP contribution is 2.30. The Balaban J connectivity index is 1.56. The van der Waals surface area contributed by atoms with Gasteiger partial charge in [0.05, 0.1) is 23.5 Å². The van der Waals surface area contributed by atoms with Crippen molar-refractivity contribution in [3.8, 4) is 16.3 Å². The Morgan fingerprint density at radius 3 is 2.88 bits per heavy atom. The zero-order chi connectivity index (χ0) is 22.5. The number of rotatable bonds is 8. The van der Waals surface area contributed by atoms with Crippen molar-refractivity contribution >= 4 is 17.2 Å². The molecule has 32 heavy (non-hydrogen) atoms. The number of ether oxygens (including phenoxy) is 2. The molecule has 4 rings (SSSR count). The molecule has 2 aromatic heterocycles. The van der Waals surface area contributed by atoms with Crippen LogP contribution in [0.3, 0.4) is 0 Å². The van der Waals surface area contributed by atoms with Gasteiger partial charge < -0.3 is 14.8 Å². The van der Waals surface area contributed by atoms with Crippen molar-refractivity contribution in [2.75, 3.05) is 13.2 Å². The van der Waals surface area contributed by atoms with E-state index in [0.29, 0.717) is 23.6 Å². The number of amides is 1. The number of hydrogen-bond donors (Lipinski definition) is 1. The van der Waals surface area contributed by atoms with Gasteiger partial charge in [0.15, 0.2) is 0 Å². The second kappa shape index (κ2) is 10.2. The number of nitrogens with one attached hydrogen (secondary N) is 1. The van der Waals surface area contributed by atoms with Gasteiger partial charge in [-0.15, -0.1) is 11.3 Å². The first-order chi connectivity index (χ1) is 15.5. The fourth-order valence-electron chi connectivity index (χ4n) is 3.50. The van der Waals surface area contributed by atoms with Crippen LogP contribution in [0.25, 0.3) is 10.6 Å². The van der Waals surface area contributed by atoms with Gasteiger partial charge in [0.1, 0.15) is 17.4 Å². The molecule has 0 aliphatic carbocycles. The molecule has 0 spiro atoms. The van der Waals surface area contributed by atoms with Crippen molar-refractivity contribution in [1.29, 1.82) is 0 Å². The Hall–Kier alpha value is -2.84. The average molecular weight is 453 g/mol. The molecule has 0 saturated carbocycles. The van der Waals surface area contributed by atoms with Gasteiger partial charge in [-0.1, -0.05) is 6.92 Å². The fourth-order valence-corrected chi connectivity index (χ4v) is 4.34. The Morgan fingerprint density at radius 1 is 1.31 bits per heavy atom. The fraction of sp³-hybridized carbons (Fsp3) is 0.417. The molecule has 1 aliphatic heterocycles. The van der Waals surface area contributed by atoms with E-state index in [4.69, 9.17) is 9.47 Å². The molecule has 1 unspecified atom stereocenters. The number of thiazole rings is 1. The van der Waals surface area contributed by atoms with E-state index in [9.17, 15) is 4.79 Å². The predicted octanol–water partition coefficient (Wildman–Crippen LogP) is 4.52. The summed E-state index contributed by atoms with van der Waals surface area (Å²) in [5, 5.41) is 12.1. The van der Waals surface area contributed by atoms with E-state index >= 15 is 0 Å². The highest BCUT2D eigenvalue weighted by atomic mass is 32.1. The van der Waals surface area contributed by atoms with Gasteiger partial charge in [0.25, 0.3) is 5.91 Å². The number of nitrogens with zero attached hydrogens (tertiary/aromatic N) is 3. The second-order valence-corrected chi connectivity index (χ2v) is 9.09. The Kier molecular flexibility index (Phi) is 7.12. The predicted molar refractivity (Wildman–Crippen MR) is 124 cm³/mol. The van der Waals surface area contributed by atoms with Gasteiger partial charge in [-0.3, -0.25) is 4.79 Å².